The van der Waals surface area contributed by atoms with E-state index in [9.17, 15) is 14.0 Å². The number of hydrogen-bond acceptors (Lipinski definition) is 3. The average Bonchev–Trinajstić information content (AvgIpc) is 2.96. The summed E-state index contributed by atoms with van der Waals surface area (Å²) in [6, 6.07) is 11.3. The summed E-state index contributed by atoms with van der Waals surface area (Å²) in [7, 11) is 0. The Labute approximate surface area is 130 Å². The lowest BCUT2D eigenvalue weighted by Crippen LogP contribution is -2.34. The number of fused-ring (bicyclic) bond motifs is 2. The van der Waals surface area contributed by atoms with Crippen molar-refractivity contribution < 1.29 is 9.18 Å². The maximum atomic E-state index is 13.5. The van der Waals surface area contributed by atoms with Gasteiger partial charge in [0.2, 0.25) is 0 Å². The molecule has 4 rings (SSSR count). The Bertz CT molecular complexity index is 997. The number of nitrogens with zero attached hydrogens (tertiary/aromatic N) is 2. The summed E-state index contributed by atoms with van der Waals surface area (Å²) in [4.78, 5) is 33.1. The summed E-state index contributed by atoms with van der Waals surface area (Å²) in [6.07, 6.45) is 0.632. The van der Waals surface area contributed by atoms with Crippen molar-refractivity contribution in [2.24, 2.45) is 0 Å². The minimum atomic E-state index is -0.543. The molecular formula is C17H12FN3O2. The first-order valence-electron chi connectivity index (χ1n) is 7.23. The van der Waals surface area contributed by atoms with Crippen LogP contribution in [0.15, 0.2) is 47.3 Å². The summed E-state index contributed by atoms with van der Waals surface area (Å²) < 4.78 is 13.5. The molecule has 0 radical (unpaired) electrons. The minimum Gasteiger partial charge on any atom is -0.319 e. The summed E-state index contributed by atoms with van der Waals surface area (Å²) in [6.45, 7) is 0.408. The van der Waals surface area contributed by atoms with E-state index >= 15 is 0 Å². The maximum absolute atomic E-state index is 13.5. The molecular weight excluding hydrogens is 297 g/mol. The lowest BCUT2D eigenvalue weighted by molar-refractivity contribution is 0.0983. The number of halogens is 1. The van der Waals surface area contributed by atoms with Crippen LogP contribution in [0.2, 0.25) is 0 Å². The largest absolute Gasteiger partial charge is 0.319 e. The molecule has 1 N–H and O–H groups in total. The highest BCUT2D eigenvalue weighted by Crippen LogP contribution is 2.29. The van der Waals surface area contributed by atoms with Crippen molar-refractivity contribution in [2.45, 2.75) is 6.42 Å². The van der Waals surface area contributed by atoms with Crippen molar-refractivity contribution in [3.63, 3.8) is 0 Å². The van der Waals surface area contributed by atoms with Gasteiger partial charge in [0.25, 0.3) is 11.5 Å². The number of H-pyrrole nitrogens is 1. The number of hydrogen-bond donors (Lipinski definition) is 1. The fourth-order valence-electron chi connectivity index (χ4n) is 2.87. The molecule has 0 fully saturated rings. The Kier molecular flexibility index (Phi) is 2.97. The van der Waals surface area contributed by atoms with Gasteiger partial charge in [-0.3, -0.25) is 9.59 Å². The molecule has 1 aliphatic heterocycles. The highest BCUT2D eigenvalue weighted by molar-refractivity contribution is 6.06. The summed E-state index contributed by atoms with van der Waals surface area (Å²) in [5, 5.41) is 0. The molecule has 1 amide bonds. The highest BCUT2D eigenvalue weighted by Gasteiger charge is 2.28. The van der Waals surface area contributed by atoms with Gasteiger partial charge >= 0.3 is 0 Å². The lowest BCUT2D eigenvalue weighted by Gasteiger charge is -2.16. The molecule has 0 aliphatic carbocycles. The quantitative estimate of drug-likeness (QED) is 0.750. The number of aromatic amines is 1. The van der Waals surface area contributed by atoms with Gasteiger partial charge in [0.15, 0.2) is 5.69 Å². The third kappa shape index (κ3) is 2.19. The number of para-hydroxylation sites is 2. The molecule has 23 heavy (non-hydrogen) atoms. The SMILES string of the molecule is O=C(c1nc2ccccc2[nH]c1=O)N1CCc2ccc(F)cc21. The molecule has 114 valence electrons. The number of carbonyl (C=O) groups excluding carboxylic acids is 1. The van der Waals surface area contributed by atoms with Gasteiger partial charge < -0.3 is 9.88 Å². The van der Waals surface area contributed by atoms with E-state index in [2.05, 4.69) is 9.97 Å². The summed E-state index contributed by atoms with van der Waals surface area (Å²) in [5.74, 6) is -0.926. The van der Waals surface area contributed by atoms with Gasteiger partial charge in [0.05, 0.1) is 16.7 Å². The van der Waals surface area contributed by atoms with E-state index in [1.807, 2.05) is 0 Å². The van der Waals surface area contributed by atoms with E-state index in [0.29, 0.717) is 29.7 Å². The van der Waals surface area contributed by atoms with Crippen LogP contribution in [-0.2, 0) is 6.42 Å². The Morgan fingerprint density at radius 1 is 1.22 bits per heavy atom. The monoisotopic (exact) mass is 309 g/mol. The van der Waals surface area contributed by atoms with Crippen LogP contribution in [0.3, 0.4) is 0 Å². The number of anilines is 1. The predicted molar refractivity (Wildman–Crippen MR) is 84.1 cm³/mol. The zero-order chi connectivity index (χ0) is 16.0. The third-order valence-electron chi connectivity index (χ3n) is 3.99. The van der Waals surface area contributed by atoms with Gasteiger partial charge in [0.1, 0.15) is 5.82 Å². The van der Waals surface area contributed by atoms with Crippen molar-refractivity contribution in [3.05, 3.63) is 69.9 Å². The molecule has 0 spiro atoms. The number of nitrogens with one attached hydrogen (secondary N) is 1. The van der Waals surface area contributed by atoms with Gasteiger partial charge in [-0.05, 0) is 36.2 Å². The van der Waals surface area contributed by atoms with Crippen LogP contribution in [0.5, 0.6) is 0 Å². The molecule has 0 saturated heterocycles. The lowest BCUT2D eigenvalue weighted by atomic mass is 10.1. The van der Waals surface area contributed by atoms with E-state index in [-0.39, 0.29) is 5.69 Å². The molecule has 0 unspecified atom stereocenters. The number of amides is 1. The zero-order valence-electron chi connectivity index (χ0n) is 12.0. The first-order chi connectivity index (χ1) is 11.1. The van der Waals surface area contributed by atoms with E-state index in [1.54, 1.807) is 30.3 Å². The second-order valence-corrected chi connectivity index (χ2v) is 5.41. The second kappa shape index (κ2) is 5.01. The van der Waals surface area contributed by atoms with E-state index in [0.717, 1.165) is 5.56 Å². The maximum Gasteiger partial charge on any atom is 0.282 e. The van der Waals surface area contributed by atoms with Crippen molar-refractivity contribution in [1.29, 1.82) is 0 Å². The summed E-state index contributed by atoms with van der Waals surface area (Å²) >= 11 is 0. The minimum absolute atomic E-state index is 0.180. The second-order valence-electron chi connectivity index (χ2n) is 5.41. The average molecular weight is 309 g/mol. The predicted octanol–water partition coefficient (Wildman–Crippen LogP) is 2.27. The fraction of sp³-hybridized carbons (Fsp3) is 0.118. The van der Waals surface area contributed by atoms with Crippen LogP contribution in [0.1, 0.15) is 16.1 Å². The Hall–Kier alpha value is -3.02. The Morgan fingerprint density at radius 3 is 2.91 bits per heavy atom. The topological polar surface area (TPSA) is 66.1 Å². The fourth-order valence-corrected chi connectivity index (χ4v) is 2.87. The smallest absolute Gasteiger partial charge is 0.282 e. The first-order valence-corrected chi connectivity index (χ1v) is 7.23. The molecule has 0 atom stereocenters. The molecule has 3 aromatic rings. The van der Waals surface area contributed by atoms with Crippen molar-refractivity contribution in [3.8, 4) is 0 Å². The summed E-state index contributed by atoms with van der Waals surface area (Å²) in [5.41, 5.74) is 1.77. The van der Waals surface area contributed by atoms with E-state index in [1.165, 1.54) is 17.0 Å². The molecule has 6 heteroatoms. The normalized spacial score (nSPS) is 13.3. The molecule has 5 nitrogen and oxygen atoms in total. The van der Waals surface area contributed by atoms with Crippen LogP contribution in [0, 0.1) is 5.82 Å². The number of carbonyl (C=O) groups is 1. The van der Waals surface area contributed by atoms with Gasteiger partial charge in [0, 0.05) is 6.54 Å². The zero-order valence-corrected chi connectivity index (χ0v) is 12.0. The van der Waals surface area contributed by atoms with E-state index in [4.69, 9.17) is 0 Å². The Morgan fingerprint density at radius 2 is 2.04 bits per heavy atom. The molecule has 2 aromatic carbocycles. The van der Waals surface area contributed by atoms with Crippen LogP contribution in [0.25, 0.3) is 11.0 Å². The molecule has 1 aromatic heterocycles. The standard InChI is InChI=1S/C17H12FN3O2/c18-11-6-5-10-7-8-21(14(10)9-11)17(23)15-16(22)20-13-4-2-1-3-12(13)19-15/h1-6,9H,7-8H2,(H,20,22). The number of rotatable bonds is 1. The Balaban J connectivity index is 1.81. The van der Waals surface area contributed by atoms with Gasteiger partial charge in [-0.1, -0.05) is 18.2 Å². The third-order valence-corrected chi connectivity index (χ3v) is 3.99. The highest BCUT2D eigenvalue weighted by atomic mass is 19.1. The molecule has 2 heterocycles. The van der Waals surface area contributed by atoms with Gasteiger partial charge in [-0.2, -0.15) is 0 Å². The van der Waals surface area contributed by atoms with E-state index < -0.39 is 17.3 Å². The van der Waals surface area contributed by atoms with Crippen LogP contribution in [0.4, 0.5) is 10.1 Å². The molecule has 0 saturated carbocycles. The van der Waals surface area contributed by atoms with Crippen LogP contribution < -0.4 is 10.5 Å². The van der Waals surface area contributed by atoms with Crippen molar-refractivity contribution in [2.75, 3.05) is 11.4 Å². The van der Waals surface area contributed by atoms with Crippen molar-refractivity contribution in [1.82, 2.24) is 9.97 Å². The van der Waals surface area contributed by atoms with Crippen LogP contribution >= 0.6 is 0 Å². The first kappa shape index (κ1) is 13.6. The number of benzene rings is 2. The van der Waals surface area contributed by atoms with Gasteiger partial charge in [-0.15, -0.1) is 0 Å². The van der Waals surface area contributed by atoms with Crippen LogP contribution in [-0.4, -0.2) is 22.4 Å². The number of aromatic nitrogens is 2. The van der Waals surface area contributed by atoms with Crippen molar-refractivity contribution >= 4 is 22.6 Å². The molecule has 1 aliphatic rings. The van der Waals surface area contributed by atoms with Gasteiger partial charge in [-0.25, -0.2) is 9.37 Å². The molecule has 0 bridgehead atoms.